The summed E-state index contributed by atoms with van der Waals surface area (Å²) in [6.07, 6.45) is 3.35. The SMILES string of the molecule is CCc1ccc2c(c1)sc(=NC(=O)CN1C(=O)CCC1=O)n2CCSC. The first-order valence-electron chi connectivity index (χ1n) is 8.55. The van der Waals surface area contributed by atoms with Crippen LogP contribution in [0.2, 0.25) is 0 Å². The number of fused-ring (bicyclic) bond motifs is 1. The largest absolute Gasteiger partial charge is 0.316 e. The third kappa shape index (κ3) is 3.91. The Labute approximate surface area is 159 Å². The van der Waals surface area contributed by atoms with Crippen LogP contribution in [-0.2, 0) is 27.3 Å². The number of rotatable bonds is 6. The Morgan fingerprint density at radius 1 is 1.27 bits per heavy atom. The van der Waals surface area contributed by atoms with Crippen LogP contribution in [0.15, 0.2) is 23.2 Å². The summed E-state index contributed by atoms with van der Waals surface area (Å²) in [6, 6.07) is 6.30. The highest BCUT2D eigenvalue weighted by Gasteiger charge is 2.30. The summed E-state index contributed by atoms with van der Waals surface area (Å²) in [4.78, 5) is 41.6. The summed E-state index contributed by atoms with van der Waals surface area (Å²) < 4.78 is 3.13. The molecule has 0 spiro atoms. The van der Waals surface area contributed by atoms with Gasteiger partial charge in [0, 0.05) is 25.1 Å². The van der Waals surface area contributed by atoms with Crippen molar-refractivity contribution >= 4 is 51.0 Å². The van der Waals surface area contributed by atoms with E-state index in [1.807, 2.05) is 10.8 Å². The van der Waals surface area contributed by atoms with Gasteiger partial charge in [-0.25, -0.2) is 0 Å². The topological polar surface area (TPSA) is 71.7 Å². The Kier molecular flexibility index (Phi) is 5.93. The van der Waals surface area contributed by atoms with Gasteiger partial charge in [0.2, 0.25) is 11.8 Å². The first-order chi connectivity index (χ1) is 12.5. The Hall–Kier alpha value is -1.93. The normalized spacial score (nSPS) is 15.5. The number of imide groups is 1. The number of thioether (sulfide) groups is 1. The van der Waals surface area contributed by atoms with Gasteiger partial charge in [0.15, 0.2) is 4.80 Å². The molecule has 2 aromatic rings. The molecule has 1 saturated heterocycles. The second kappa shape index (κ2) is 8.18. The van der Waals surface area contributed by atoms with Crippen molar-refractivity contribution in [3.63, 3.8) is 0 Å². The van der Waals surface area contributed by atoms with E-state index in [2.05, 4.69) is 30.1 Å². The minimum Gasteiger partial charge on any atom is -0.316 e. The van der Waals surface area contributed by atoms with Crippen LogP contribution in [0.5, 0.6) is 0 Å². The van der Waals surface area contributed by atoms with E-state index >= 15 is 0 Å². The molecule has 1 aromatic heterocycles. The predicted molar refractivity (Wildman–Crippen MR) is 104 cm³/mol. The van der Waals surface area contributed by atoms with E-state index in [1.165, 1.54) is 16.9 Å². The van der Waals surface area contributed by atoms with Crippen molar-refractivity contribution < 1.29 is 14.4 Å². The van der Waals surface area contributed by atoms with Crippen LogP contribution in [0.25, 0.3) is 10.2 Å². The number of benzene rings is 1. The molecule has 0 bridgehead atoms. The summed E-state index contributed by atoms with van der Waals surface area (Å²) >= 11 is 3.20. The van der Waals surface area contributed by atoms with Crippen molar-refractivity contribution in [3.05, 3.63) is 28.6 Å². The van der Waals surface area contributed by atoms with Gasteiger partial charge in [0.25, 0.3) is 5.91 Å². The standard InChI is InChI=1S/C18H21N3O3S2/c1-3-12-4-5-13-14(10-12)26-18(20(13)8-9-25-2)19-15(22)11-21-16(23)6-7-17(21)24/h4-5,10H,3,6-9,11H2,1-2H3. The highest BCUT2D eigenvalue weighted by molar-refractivity contribution is 7.98. The zero-order valence-electron chi connectivity index (χ0n) is 14.9. The number of likely N-dealkylation sites (tertiary alicyclic amines) is 1. The predicted octanol–water partition coefficient (Wildman–Crippen LogP) is 2.20. The average molecular weight is 392 g/mol. The molecule has 0 N–H and O–H groups in total. The number of nitrogens with zero attached hydrogens (tertiary/aromatic N) is 3. The zero-order chi connectivity index (χ0) is 18.7. The molecule has 3 amide bonds. The maximum absolute atomic E-state index is 12.4. The van der Waals surface area contributed by atoms with E-state index in [4.69, 9.17) is 0 Å². The molecule has 6 nitrogen and oxygen atoms in total. The summed E-state index contributed by atoms with van der Waals surface area (Å²) in [5.74, 6) is -0.143. The minimum atomic E-state index is -0.464. The molecule has 1 aliphatic heterocycles. The molecular formula is C18H21N3O3S2. The number of aryl methyl sites for hydroxylation is 2. The monoisotopic (exact) mass is 391 g/mol. The van der Waals surface area contributed by atoms with Gasteiger partial charge in [0.1, 0.15) is 6.54 Å². The van der Waals surface area contributed by atoms with Gasteiger partial charge in [-0.05, 0) is 30.4 Å². The van der Waals surface area contributed by atoms with E-state index in [9.17, 15) is 14.4 Å². The molecule has 0 radical (unpaired) electrons. The van der Waals surface area contributed by atoms with Crippen LogP contribution in [0.3, 0.4) is 0 Å². The molecule has 3 rings (SSSR count). The van der Waals surface area contributed by atoms with Crippen molar-refractivity contribution in [2.75, 3.05) is 18.6 Å². The van der Waals surface area contributed by atoms with Crippen LogP contribution in [0.1, 0.15) is 25.3 Å². The highest BCUT2D eigenvalue weighted by Crippen LogP contribution is 2.20. The van der Waals surface area contributed by atoms with Crippen molar-refractivity contribution in [3.8, 4) is 0 Å². The highest BCUT2D eigenvalue weighted by atomic mass is 32.2. The van der Waals surface area contributed by atoms with Crippen molar-refractivity contribution in [2.45, 2.75) is 32.7 Å². The Morgan fingerprint density at radius 3 is 2.65 bits per heavy atom. The van der Waals surface area contributed by atoms with Crippen LogP contribution >= 0.6 is 23.1 Å². The molecule has 0 atom stereocenters. The number of hydrogen-bond donors (Lipinski definition) is 0. The molecule has 1 aromatic carbocycles. The lowest BCUT2D eigenvalue weighted by molar-refractivity contribution is -0.141. The van der Waals surface area contributed by atoms with Gasteiger partial charge >= 0.3 is 0 Å². The van der Waals surface area contributed by atoms with E-state index in [1.54, 1.807) is 11.8 Å². The Balaban J connectivity index is 1.96. The first kappa shape index (κ1) is 18.8. The first-order valence-corrected chi connectivity index (χ1v) is 10.8. The zero-order valence-corrected chi connectivity index (χ0v) is 16.5. The van der Waals surface area contributed by atoms with E-state index in [0.29, 0.717) is 4.80 Å². The van der Waals surface area contributed by atoms with Crippen molar-refractivity contribution in [1.82, 2.24) is 9.47 Å². The quantitative estimate of drug-likeness (QED) is 0.708. The van der Waals surface area contributed by atoms with Crippen molar-refractivity contribution in [2.24, 2.45) is 4.99 Å². The lowest BCUT2D eigenvalue weighted by Gasteiger charge is -2.10. The molecule has 138 valence electrons. The lowest BCUT2D eigenvalue weighted by atomic mass is 10.2. The molecule has 1 fully saturated rings. The molecule has 1 aliphatic rings. The summed E-state index contributed by atoms with van der Waals surface area (Å²) in [7, 11) is 0. The Bertz CT molecular complexity index is 913. The van der Waals surface area contributed by atoms with Gasteiger partial charge in [-0.1, -0.05) is 24.3 Å². The molecule has 0 aliphatic carbocycles. The maximum atomic E-state index is 12.4. The third-order valence-electron chi connectivity index (χ3n) is 4.34. The minimum absolute atomic E-state index is 0.183. The van der Waals surface area contributed by atoms with E-state index in [0.717, 1.165) is 33.8 Å². The van der Waals surface area contributed by atoms with Gasteiger partial charge < -0.3 is 4.57 Å². The van der Waals surface area contributed by atoms with Gasteiger partial charge in [-0.15, -0.1) is 0 Å². The summed E-state index contributed by atoms with van der Waals surface area (Å²) in [5.41, 5.74) is 2.29. The van der Waals surface area contributed by atoms with Gasteiger partial charge in [-0.2, -0.15) is 16.8 Å². The number of carbonyl (C=O) groups excluding carboxylic acids is 3. The molecule has 26 heavy (non-hydrogen) atoms. The van der Waals surface area contributed by atoms with Gasteiger partial charge in [0.05, 0.1) is 10.2 Å². The molecule has 2 heterocycles. The average Bonchev–Trinajstić information content (AvgIpc) is 3.13. The van der Waals surface area contributed by atoms with Crippen LogP contribution in [0, 0.1) is 0 Å². The van der Waals surface area contributed by atoms with Crippen molar-refractivity contribution in [1.29, 1.82) is 0 Å². The van der Waals surface area contributed by atoms with Crippen LogP contribution in [-0.4, -0.2) is 45.7 Å². The molecule has 8 heteroatoms. The van der Waals surface area contributed by atoms with Crippen LogP contribution in [0.4, 0.5) is 0 Å². The van der Waals surface area contributed by atoms with E-state index < -0.39 is 5.91 Å². The fourth-order valence-corrected chi connectivity index (χ4v) is 4.40. The summed E-state index contributed by atoms with van der Waals surface area (Å²) in [6.45, 7) is 2.59. The second-order valence-electron chi connectivity index (χ2n) is 6.06. The number of carbonyl (C=O) groups is 3. The fourth-order valence-electron chi connectivity index (χ4n) is 2.90. The van der Waals surface area contributed by atoms with Gasteiger partial charge in [-0.3, -0.25) is 19.3 Å². The Morgan fingerprint density at radius 2 is 2.00 bits per heavy atom. The second-order valence-corrected chi connectivity index (χ2v) is 8.06. The maximum Gasteiger partial charge on any atom is 0.268 e. The number of aromatic nitrogens is 1. The number of thiazole rings is 1. The molecule has 0 unspecified atom stereocenters. The lowest BCUT2D eigenvalue weighted by Crippen LogP contribution is -2.34. The summed E-state index contributed by atoms with van der Waals surface area (Å²) in [5, 5.41) is 0. The number of hydrogen-bond acceptors (Lipinski definition) is 5. The number of amides is 3. The third-order valence-corrected chi connectivity index (χ3v) is 5.97. The fraction of sp³-hybridized carbons (Fsp3) is 0.444. The molecular weight excluding hydrogens is 370 g/mol. The molecule has 0 saturated carbocycles. The van der Waals surface area contributed by atoms with Crippen LogP contribution < -0.4 is 4.80 Å². The smallest absolute Gasteiger partial charge is 0.268 e. The van der Waals surface area contributed by atoms with E-state index in [-0.39, 0.29) is 31.2 Å².